The summed E-state index contributed by atoms with van der Waals surface area (Å²) >= 11 is 1.67. The van der Waals surface area contributed by atoms with Crippen molar-refractivity contribution in [3.05, 3.63) is 95.9 Å². The highest BCUT2D eigenvalue weighted by Crippen LogP contribution is 2.23. The third-order valence-electron chi connectivity index (χ3n) is 4.51. The van der Waals surface area contributed by atoms with Crippen molar-refractivity contribution < 1.29 is 9.59 Å². The Labute approximate surface area is 178 Å². The summed E-state index contributed by atoms with van der Waals surface area (Å²) in [5.41, 5.74) is 9.18. The lowest BCUT2D eigenvalue weighted by Crippen LogP contribution is -2.14. The Balaban J connectivity index is 1.34. The molecule has 0 aliphatic rings. The number of primary amides is 1. The van der Waals surface area contributed by atoms with E-state index in [-0.39, 0.29) is 18.2 Å². The molecule has 0 bridgehead atoms. The number of thioether (sulfide) groups is 1. The fourth-order valence-corrected chi connectivity index (χ4v) is 3.81. The van der Waals surface area contributed by atoms with Gasteiger partial charge in [0.15, 0.2) is 0 Å². The van der Waals surface area contributed by atoms with Gasteiger partial charge in [-0.05, 0) is 54.1 Å². The Hall–Kier alpha value is -3.58. The number of hydrogen-bond donors (Lipinski definition) is 2. The van der Waals surface area contributed by atoms with Gasteiger partial charge in [-0.2, -0.15) is 0 Å². The first-order valence-electron chi connectivity index (χ1n) is 9.41. The topological polar surface area (TPSA) is 89.5 Å². The molecule has 150 valence electrons. The van der Waals surface area contributed by atoms with Crippen molar-refractivity contribution in [1.29, 1.82) is 0 Å². The lowest BCUT2D eigenvalue weighted by atomic mass is 10.1. The molecule has 0 saturated carbocycles. The number of amides is 2. The molecule has 2 aromatic carbocycles. The number of anilines is 1. The monoisotopic (exact) mass is 416 g/mol. The molecule has 2 heterocycles. The molecule has 0 spiro atoms. The average Bonchev–Trinajstić information content (AvgIpc) is 3.17. The number of nitrogens with zero attached hydrogens (tertiary/aromatic N) is 2. The Morgan fingerprint density at radius 1 is 1.00 bits per heavy atom. The summed E-state index contributed by atoms with van der Waals surface area (Å²) in [5, 5.41) is 2.86. The van der Waals surface area contributed by atoms with Gasteiger partial charge in [0.25, 0.3) is 5.91 Å². The molecule has 7 heteroatoms. The van der Waals surface area contributed by atoms with Gasteiger partial charge < -0.3 is 15.5 Å². The molecule has 30 heavy (non-hydrogen) atoms. The maximum atomic E-state index is 12.5. The van der Waals surface area contributed by atoms with E-state index in [1.807, 2.05) is 59.3 Å². The number of imidazole rings is 1. The lowest BCUT2D eigenvalue weighted by Gasteiger charge is -2.07. The summed E-state index contributed by atoms with van der Waals surface area (Å²) in [6.07, 6.45) is 4.19. The number of carbonyl (C=O) groups excluding carboxylic acids is 2. The van der Waals surface area contributed by atoms with E-state index < -0.39 is 0 Å². The highest BCUT2D eigenvalue weighted by atomic mass is 32.2. The predicted octanol–water partition coefficient (Wildman–Crippen LogP) is 3.91. The van der Waals surface area contributed by atoms with Crippen molar-refractivity contribution in [3.8, 4) is 0 Å². The van der Waals surface area contributed by atoms with Crippen LogP contribution < -0.4 is 11.1 Å². The number of rotatable bonds is 7. The fourth-order valence-electron chi connectivity index (χ4n) is 3.03. The van der Waals surface area contributed by atoms with Crippen LogP contribution in [0, 0.1) is 0 Å². The molecule has 2 amide bonds. The van der Waals surface area contributed by atoms with E-state index in [1.54, 1.807) is 36.0 Å². The Morgan fingerprint density at radius 3 is 2.47 bits per heavy atom. The van der Waals surface area contributed by atoms with E-state index in [9.17, 15) is 9.59 Å². The lowest BCUT2D eigenvalue weighted by molar-refractivity contribution is -0.117. The van der Waals surface area contributed by atoms with E-state index in [0.29, 0.717) is 11.3 Å². The summed E-state index contributed by atoms with van der Waals surface area (Å²) in [6, 6.07) is 20.5. The summed E-state index contributed by atoms with van der Waals surface area (Å²) < 4.78 is 2.00. The molecule has 0 saturated heterocycles. The van der Waals surface area contributed by atoms with Crippen molar-refractivity contribution in [2.24, 2.45) is 5.73 Å². The van der Waals surface area contributed by atoms with Crippen LogP contribution in [-0.2, 0) is 17.0 Å². The third-order valence-corrected chi connectivity index (χ3v) is 5.55. The van der Waals surface area contributed by atoms with Crippen molar-refractivity contribution in [3.63, 3.8) is 0 Å². The van der Waals surface area contributed by atoms with Crippen LogP contribution in [0.1, 0.15) is 21.6 Å². The largest absolute Gasteiger partial charge is 0.369 e. The zero-order valence-corrected chi connectivity index (χ0v) is 16.9. The quantitative estimate of drug-likeness (QED) is 0.447. The normalized spacial score (nSPS) is 10.8. The van der Waals surface area contributed by atoms with Gasteiger partial charge in [0.1, 0.15) is 5.65 Å². The van der Waals surface area contributed by atoms with E-state index in [0.717, 1.165) is 27.6 Å². The van der Waals surface area contributed by atoms with Crippen LogP contribution in [0.25, 0.3) is 5.65 Å². The summed E-state index contributed by atoms with van der Waals surface area (Å²) in [4.78, 5) is 29.1. The Morgan fingerprint density at radius 2 is 1.77 bits per heavy atom. The van der Waals surface area contributed by atoms with E-state index in [2.05, 4.69) is 10.3 Å². The Kier molecular flexibility index (Phi) is 5.81. The van der Waals surface area contributed by atoms with Gasteiger partial charge in [-0.25, -0.2) is 4.98 Å². The summed E-state index contributed by atoms with van der Waals surface area (Å²) in [6.45, 7) is 0. The number of nitrogens with one attached hydrogen (secondary N) is 1. The molecule has 0 aliphatic heterocycles. The molecule has 4 rings (SSSR count). The van der Waals surface area contributed by atoms with Crippen molar-refractivity contribution in [2.45, 2.75) is 17.1 Å². The van der Waals surface area contributed by atoms with Gasteiger partial charge in [-0.3, -0.25) is 9.59 Å². The van der Waals surface area contributed by atoms with E-state index in [4.69, 9.17) is 5.73 Å². The minimum Gasteiger partial charge on any atom is -0.369 e. The summed E-state index contributed by atoms with van der Waals surface area (Å²) in [5.74, 6) is 0.186. The summed E-state index contributed by atoms with van der Waals surface area (Å²) in [7, 11) is 0. The number of nitrogens with two attached hydrogens (primary N) is 1. The van der Waals surface area contributed by atoms with Crippen LogP contribution in [0.2, 0.25) is 0 Å². The average molecular weight is 417 g/mol. The molecule has 0 unspecified atom stereocenters. The number of hydrogen-bond acceptors (Lipinski definition) is 4. The molecular formula is C23H20N4O2S. The van der Waals surface area contributed by atoms with Gasteiger partial charge in [0.05, 0.1) is 12.1 Å². The molecule has 0 fully saturated rings. The molecular weight excluding hydrogens is 396 g/mol. The maximum Gasteiger partial charge on any atom is 0.255 e. The van der Waals surface area contributed by atoms with E-state index in [1.165, 1.54) is 0 Å². The highest BCUT2D eigenvalue weighted by Gasteiger charge is 2.08. The van der Waals surface area contributed by atoms with Gasteiger partial charge in [-0.1, -0.05) is 18.2 Å². The van der Waals surface area contributed by atoms with Crippen LogP contribution >= 0.6 is 11.8 Å². The van der Waals surface area contributed by atoms with Gasteiger partial charge >= 0.3 is 0 Å². The molecule has 3 N–H and O–H groups in total. The number of aromatic nitrogens is 2. The van der Waals surface area contributed by atoms with Crippen molar-refractivity contribution >= 4 is 34.9 Å². The minimum absolute atomic E-state index is 0.183. The Bertz CT molecular complexity index is 1150. The highest BCUT2D eigenvalue weighted by molar-refractivity contribution is 7.98. The second-order valence-corrected chi connectivity index (χ2v) is 7.85. The zero-order valence-electron chi connectivity index (χ0n) is 16.1. The number of fused-ring (bicyclic) bond motifs is 1. The van der Waals surface area contributed by atoms with E-state index >= 15 is 0 Å². The standard InChI is InChI=1S/C23H20N4O2S/c24-21(28)13-16-4-8-18(9-5-16)26-23(29)17-6-10-20(11-7-17)30-15-19-14-27-12-2-1-3-22(27)25-19/h1-12,14H,13,15H2,(H2,24,28)(H,26,29). The zero-order chi connectivity index (χ0) is 20.9. The van der Waals surface area contributed by atoms with Gasteiger partial charge in [-0.15, -0.1) is 11.8 Å². The maximum absolute atomic E-state index is 12.5. The molecule has 6 nitrogen and oxygen atoms in total. The first-order chi connectivity index (χ1) is 14.6. The smallest absolute Gasteiger partial charge is 0.255 e. The number of benzene rings is 2. The van der Waals surface area contributed by atoms with Crippen molar-refractivity contribution in [1.82, 2.24) is 9.38 Å². The molecule has 0 atom stereocenters. The molecule has 0 radical (unpaired) electrons. The second-order valence-electron chi connectivity index (χ2n) is 6.81. The SMILES string of the molecule is NC(=O)Cc1ccc(NC(=O)c2ccc(SCc3cn4ccccc4n3)cc2)cc1. The fraction of sp³-hybridized carbons (Fsp3) is 0.0870. The van der Waals surface area contributed by atoms with Crippen LogP contribution in [0.5, 0.6) is 0 Å². The van der Waals surface area contributed by atoms with Crippen LogP contribution in [-0.4, -0.2) is 21.2 Å². The predicted molar refractivity (Wildman–Crippen MR) is 118 cm³/mol. The minimum atomic E-state index is -0.383. The van der Waals surface area contributed by atoms with Crippen molar-refractivity contribution in [2.75, 3.05) is 5.32 Å². The number of carbonyl (C=O) groups is 2. The first kappa shape index (κ1) is 19.7. The van der Waals surface area contributed by atoms with Crippen LogP contribution in [0.15, 0.2) is 84.0 Å². The number of pyridine rings is 1. The molecule has 2 aromatic heterocycles. The van der Waals surface area contributed by atoms with Gasteiger partial charge in [0.2, 0.25) is 5.91 Å². The third kappa shape index (κ3) is 4.87. The van der Waals surface area contributed by atoms with Crippen LogP contribution in [0.4, 0.5) is 5.69 Å². The molecule has 4 aromatic rings. The first-order valence-corrected chi connectivity index (χ1v) is 10.4. The van der Waals surface area contributed by atoms with Crippen LogP contribution in [0.3, 0.4) is 0 Å². The second kappa shape index (κ2) is 8.84. The van der Waals surface area contributed by atoms with Gasteiger partial charge in [0, 0.05) is 34.3 Å². The molecule has 0 aliphatic carbocycles.